The fourth-order valence-corrected chi connectivity index (χ4v) is 2.35. The molecule has 0 bridgehead atoms. The number of rotatable bonds is 5. The molecule has 0 heterocycles. The van der Waals surface area contributed by atoms with E-state index in [0.717, 1.165) is 17.0 Å². The van der Waals surface area contributed by atoms with Crippen LogP contribution in [0.4, 0.5) is 5.69 Å². The van der Waals surface area contributed by atoms with Gasteiger partial charge in [0.1, 0.15) is 5.75 Å². The zero-order valence-corrected chi connectivity index (χ0v) is 13.0. The third kappa shape index (κ3) is 4.06. The second-order valence-electron chi connectivity index (χ2n) is 4.74. The van der Waals surface area contributed by atoms with Crippen LogP contribution in [0.25, 0.3) is 0 Å². The van der Waals surface area contributed by atoms with E-state index in [1.54, 1.807) is 0 Å². The van der Waals surface area contributed by atoms with Gasteiger partial charge in [-0.3, -0.25) is 0 Å². The Balaban J connectivity index is 2.00. The van der Waals surface area contributed by atoms with Crippen molar-refractivity contribution in [2.24, 2.45) is 0 Å². The molecule has 0 radical (unpaired) electrons. The van der Waals surface area contributed by atoms with Crippen molar-refractivity contribution in [1.29, 1.82) is 0 Å². The number of anilines is 1. The van der Waals surface area contributed by atoms with Gasteiger partial charge in [-0.25, -0.2) is 0 Å². The van der Waals surface area contributed by atoms with Crippen LogP contribution in [0.2, 0.25) is 10.0 Å². The molecule has 0 spiro atoms. The lowest BCUT2D eigenvalue weighted by atomic mass is 10.2. The molecular weight excluding hydrogens is 293 g/mol. The highest BCUT2D eigenvalue weighted by atomic mass is 35.5. The Morgan fingerprint density at radius 2 is 1.60 bits per heavy atom. The normalized spacial score (nSPS) is 10.7. The Kier molecular flexibility index (Phi) is 5.16. The van der Waals surface area contributed by atoms with Gasteiger partial charge in [0, 0.05) is 27.8 Å². The molecule has 2 nitrogen and oxygen atoms in total. The highest BCUT2D eigenvalue weighted by Gasteiger charge is 2.05. The molecular formula is C16H17Cl2NO. The van der Waals surface area contributed by atoms with Crippen LogP contribution in [0.15, 0.2) is 42.5 Å². The topological polar surface area (TPSA) is 21.3 Å². The van der Waals surface area contributed by atoms with E-state index in [2.05, 4.69) is 5.32 Å². The summed E-state index contributed by atoms with van der Waals surface area (Å²) in [6.07, 6.45) is 0.177. The van der Waals surface area contributed by atoms with E-state index in [-0.39, 0.29) is 6.10 Å². The fraction of sp³-hybridized carbons (Fsp3) is 0.250. The molecule has 2 aromatic rings. The highest BCUT2D eigenvalue weighted by molar-refractivity contribution is 6.36. The average Bonchev–Trinajstić information content (AvgIpc) is 2.39. The van der Waals surface area contributed by atoms with E-state index < -0.39 is 0 Å². The minimum atomic E-state index is 0.177. The van der Waals surface area contributed by atoms with Crippen molar-refractivity contribution in [3.8, 4) is 5.75 Å². The average molecular weight is 310 g/mol. The molecule has 0 amide bonds. The maximum absolute atomic E-state index is 6.13. The van der Waals surface area contributed by atoms with Gasteiger partial charge in [-0.05, 0) is 50.2 Å². The predicted octanol–water partition coefficient (Wildman–Crippen LogP) is 5.39. The molecule has 0 atom stereocenters. The van der Waals surface area contributed by atoms with Crippen molar-refractivity contribution in [2.45, 2.75) is 26.5 Å². The second-order valence-corrected chi connectivity index (χ2v) is 5.56. The van der Waals surface area contributed by atoms with E-state index in [4.69, 9.17) is 27.9 Å². The molecule has 0 saturated heterocycles. The number of halogens is 2. The minimum Gasteiger partial charge on any atom is -0.491 e. The van der Waals surface area contributed by atoms with E-state index in [1.807, 2.05) is 56.3 Å². The molecule has 0 fully saturated rings. The van der Waals surface area contributed by atoms with Crippen molar-refractivity contribution in [2.75, 3.05) is 5.32 Å². The van der Waals surface area contributed by atoms with Crippen LogP contribution in [0.3, 0.4) is 0 Å². The number of hydrogen-bond donors (Lipinski definition) is 1. The molecule has 0 unspecified atom stereocenters. The predicted molar refractivity (Wildman–Crippen MR) is 86.0 cm³/mol. The van der Waals surface area contributed by atoms with Gasteiger partial charge in [0.2, 0.25) is 0 Å². The SMILES string of the molecule is CC(C)Oc1ccc(NCc2c(Cl)cccc2Cl)cc1. The van der Waals surface area contributed by atoms with E-state index in [1.165, 1.54) is 0 Å². The molecule has 4 heteroatoms. The Morgan fingerprint density at radius 1 is 1.00 bits per heavy atom. The Bertz CT molecular complexity index is 547. The van der Waals surface area contributed by atoms with Gasteiger partial charge in [0.15, 0.2) is 0 Å². The zero-order valence-electron chi connectivity index (χ0n) is 11.5. The van der Waals surface area contributed by atoms with Crippen LogP contribution in [0.1, 0.15) is 19.4 Å². The minimum absolute atomic E-state index is 0.177. The molecule has 20 heavy (non-hydrogen) atoms. The summed E-state index contributed by atoms with van der Waals surface area (Å²) in [5.41, 5.74) is 1.90. The molecule has 0 saturated carbocycles. The number of benzene rings is 2. The Morgan fingerprint density at radius 3 is 2.15 bits per heavy atom. The standard InChI is InChI=1S/C16H17Cl2NO/c1-11(2)20-13-8-6-12(7-9-13)19-10-14-15(17)4-3-5-16(14)18/h3-9,11,19H,10H2,1-2H3. The van der Waals surface area contributed by atoms with Gasteiger partial charge in [-0.2, -0.15) is 0 Å². The molecule has 1 N–H and O–H groups in total. The van der Waals surface area contributed by atoms with Crippen molar-refractivity contribution < 1.29 is 4.74 Å². The summed E-state index contributed by atoms with van der Waals surface area (Å²) in [5, 5.41) is 4.64. The van der Waals surface area contributed by atoms with Crippen LogP contribution < -0.4 is 10.1 Å². The first-order chi connectivity index (χ1) is 9.56. The first-order valence-electron chi connectivity index (χ1n) is 6.49. The summed E-state index contributed by atoms with van der Waals surface area (Å²) in [4.78, 5) is 0. The van der Waals surface area contributed by atoms with E-state index >= 15 is 0 Å². The molecule has 0 aromatic heterocycles. The van der Waals surface area contributed by atoms with Crippen LogP contribution in [0, 0.1) is 0 Å². The number of ether oxygens (including phenoxy) is 1. The molecule has 2 aromatic carbocycles. The zero-order chi connectivity index (χ0) is 14.5. The van der Waals surface area contributed by atoms with Gasteiger partial charge in [-0.1, -0.05) is 29.3 Å². The lowest BCUT2D eigenvalue weighted by molar-refractivity contribution is 0.242. The lowest BCUT2D eigenvalue weighted by Crippen LogP contribution is -2.05. The van der Waals surface area contributed by atoms with Gasteiger partial charge in [-0.15, -0.1) is 0 Å². The van der Waals surface area contributed by atoms with Gasteiger partial charge in [0.05, 0.1) is 6.10 Å². The van der Waals surface area contributed by atoms with Crippen molar-refractivity contribution in [3.63, 3.8) is 0 Å². The fourth-order valence-electron chi connectivity index (χ4n) is 1.82. The van der Waals surface area contributed by atoms with Crippen molar-refractivity contribution in [3.05, 3.63) is 58.1 Å². The van der Waals surface area contributed by atoms with Gasteiger partial charge >= 0.3 is 0 Å². The van der Waals surface area contributed by atoms with Gasteiger partial charge < -0.3 is 10.1 Å². The summed E-state index contributed by atoms with van der Waals surface area (Å²) >= 11 is 12.3. The van der Waals surface area contributed by atoms with Crippen LogP contribution in [-0.2, 0) is 6.54 Å². The lowest BCUT2D eigenvalue weighted by Gasteiger charge is -2.12. The smallest absolute Gasteiger partial charge is 0.119 e. The number of hydrogen-bond acceptors (Lipinski definition) is 2. The maximum Gasteiger partial charge on any atom is 0.119 e. The first kappa shape index (κ1) is 15.0. The van der Waals surface area contributed by atoms with Crippen molar-refractivity contribution >= 4 is 28.9 Å². The second kappa shape index (κ2) is 6.87. The molecule has 0 aliphatic carbocycles. The molecule has 0 aliphatic heterocycles. The highest BCUT2D eigenvalue weighted by Crippen LogP contribution is 2.25. The van der Waals surface area contributed by atoms with Crippen LogP contribution >= 0.6 is 23.2 Å². The molecule has 106 valence electrons. The van der Waals surface area contributed by atoms with Crippen LogP contribution in [0.5, 0.6) is 5.75 Å². The Labute approximate surface area is 129 Å². The summed E-state index contributed by atoms with van der Waals surface area (Å²) < 4.78 is 5.60. The van der Waals surface area contributed by atoms with E-state index in [0.29, 0.717) is 16.6 Å². The molecule has 0 aliphatic rings. The summed E-state index contributed by atoms with van der Waals surface area (Å²) in [7, 11) is 0. The molecule has 2 rings (SSSR count). The first-order valence-corrected chi connectivity index (χ1v) is 7.25. The Hall–Kier alpha value is -1.38. The third-order valence-electron chi connectivity index (χ3n) is 2.76. The number of nitrogens with one attached hydrogen (secondary N) is 1. The quantitative estimate of drug-likeness (QED) is 0.799. The van der Waals surface area contributed by atoms with E-state index in [9.17, 15) is 0 Å². The maximum atomic E-state index is 6.13. The monoisotopic (exact) mass is 309 g/mol. The summed E-state index contributed by atoms with van der Waals surface area (Å²) in [6, 6.07) is 13.3. The van der Waals surface area contributed by atoms with Crippen LogP contribution in [-0.4, -0.2) is 6.10 Å². The summed E-state index contributed by atoms with van der Waals surface area (Å²) in [6.45, 7) is 4.60. The van der Waals surface area contributed by atoms with Gasteiger partial charge in [0.25, 0.3) is 0 Å². The third-order valence-corrected chi connectivity index (χ3v) is 3.47. The van der Waals surface area contributed by atoms with Crippen molar-refractivity contribution in [1.82, 2.24) is 0 Å². The summed E-state index contributed by atoms with van der Waals surface area (Å²) in [5.74, 6) is 0.862. The largest absolute Gasteiger partial charge is 0.491 e.